The number of rotatable bonds is 4. The van der Waals surface area contributed by atoms with Crippen molar-refractivity contribution in [2.45, 2.75) is 5.41 Å². The molecule has 0 fully saturated rings. The molecule has 0 saturated heterocycles. The maximum Gasteiger partial charge on any atom is 0.160 e. The SMILES string of the molecule is c1ccc(-c2cc(-c3ccccc3)nc(-c3cccc(-c4ccc5c(c4)C4(c6ccccc6-5)c5ccccc5-n5c4nc4ccccc45)c3)n2)cc1. The molecule has 11 rings (SSSR count). The lowest BCUT2D eigenvalue weighted by atomic mass is 9.72. The van der Waals surface area contributed by atoms with Crippen LogP contribution in [-0.4, -0.2) is 19.5 Å². The number of hydrogen-bond donors (Lipinski definition) is 0. The van der Waals surface area contributed by atoms with Crippen LogP contribution in [0.15, 0.2) is 182 Å². The van der Waals surface area contributed by atoms with Crippen LogP contribution >= 0.6 is 0 Å². The van der Waals surface area contributed by atoms with Crippen LogP contribution in [0, 0.1) is 0 Å². The van der Waals surface area contributed by atoms with Crippen LogP contribution in [0.2, 0.25) is 0 Å². The zero-order valence-corrected chi connectivity index (χ0v) is 28.1. The van der Waals surface area contributed by atoms with E-state index in [0.717, 1.165) is 56.1 Å². The molecule has 7 aromatic carbocycles. The number of nitrogens with zero attached hydrogens (tertiary/aromatic N) is 4. The van der Waals surface area contributed by atoms with Crippen molar-refractivity contribution in [2.24, 2.45) is 0 Å². The quantitative estimate of drug-likeness (QED) is 0.188. The van der Waals surface area contributed by atoms with Crippen LogP contribution in [0.4, 0.5) is 0 Å². The van der Waals surface area contributed by atoms with Gasteiger partial charge >= 0.3 is 0 Å². The summed E-state index contributed by atoms with van der Waals surface area (Å²) in [5.74, 6) is 1.75. The van der Waals surface area contributed by atoms with E-state index in [0.29, 0.717) is 5.82 Å². The van der Waals surface area contributed by atoms with Crippen LogP contribution in [0.1, 0.15) is 22.5 Å². The van der Waals surface area contributed by atoms with E-state index in [9.17, 15) is 0 Å². The fourth-order valence-corrected chi connectivity index (χ4v) is 8.55. The van der Waals surface area contributed by atoms with Gasteiger partial charge in [-0.15, -0.1) is 0 Å². The molecular weight excluding hydrogens is 633 g/mol. The van der Waals surface area contributed by atoms with Gasteiger partial charge in [-0.05, 0) is 75.3 Å². The predicted octanol–water partition coefficient (Wildman–Crippen LogP) is 11.2. The Balaban J connectivity index is 1.11. The van der Waals surface area contributed by atoms with E-state index < -0.39 is 5.41 Å². The topological polar surface area (TPSA) is 43.6 Å². The predicted molar refractivity (Wildman–Crippen MR) is 209 cm³/mol. The molecule has 2 aliphatic rings. The Bertz CT molecular complexity index is 2800. The van der Waals surface area contributed by atoms with E-state index in [1.165, 1.54) is 33.5 Å². The summed E-state index contributed by atoms with van der Waals surface area (Å²) in [7, 11) is 0. The lowest BCUT2D eigenvalue weighted by Crippen LogP contribution is -2.27. The number of fused-ring (bicyclic) bond motifs is 12. The van der Waals surface area contributed by atoms with Gasteiger partial charge in [0, 0.05) is 16.7 Å². The molecule has 0 bridgehead atoms. The van der Waals surface area contributed by atoms with E-state index in [2.05, 4.69) is 174 Å². The van der Waals surface area contributed by atoms with Gasteiger partial charge in [-0.3, -0.25) is 4.57 Å². The van der Waals surface area contributed by atoms with Gasteiger partial charge in [0.05, 0.1) is 28.1 Å². The number of para-hydroxylation sites is 3. The van der Waals surface area contributed by atoms with Gasteiger partial charge in [-0.1, -0.05) is 146 Å². The molecule has 4 heteroatoms. The number of aromatic nitrogens is 4. The van der Waals surface area contributed by atoms with Crippen LogP contribution in [0.5, 0.6) is 0 Å². The van der Waals surface area contributed by atoms with Crippen molar-refractivity contribution in [1.29, 1.82) is 0 Å². The number of imidazole rings is 1. The summed E-state index contributed by atoms with van der Waals surface area (Å²) in [6.07, 6.45) is 0. The van der Waals surface area contributed by atoms with Gasteiger partial charge in [0.1, 0.15) is 11.2 Å². The second-order valence-corrected chi connectivity index (χ2v) is 13.6. The first kappa shape index (κ1) is 28.9. The second kappa shape index (κ2) is 11.0. The second-order valence-electron chi connectivity index (χ2n) is 13.6. The lowest BCUT2D eigenvalue weighted by Gasteiger charge is -2.27. The van der Waals surface area contributed by atoms with Gasteiger partial charge in [0.25, 0.3) is 0 Å². The molecule has 0 amide bonds. The minimum absolute atomic E-state index is 0.549. The van der Waals surface area contributed by atoms with Crippen molar-refractivity contribution in [2.75, 3.05) is 0 Å². The molecule has 0 radical (unpaired) electrons. The van der Waals surface area contributed by atoms with Crippen LogP contribution in [-0.2, 0) is 5.41 Å². The highest BCUT2D eigenvalue weighted by Crippen LogP contribution is 2.60. The zero-order valence-electron chi connectivity index (χ0n) is 28.1. The highest BCUT2D eigenvalue weighted by molar-refractivity contribution is 5.93. The first-order chi connectivity index (χ1) is 25.8. The summed E-state index contributed by atoms with van der Waals surface area (Å²) in [5, 5.41) is 0. The molecule has 242 valence electrons. The van der Waals surface area contributed by atoms with Crippen LogP contribution < -0.4 is 0 Å². The summed E-state index contributed by atoms with van der Waals surface area (Å²) in [6.45, 7) is 0. The monoisotopic (exact) mass is 662 g/mol. The Morgan fingerprint density at radius 2 is 0.981 bits per heavy atom. The Kier molecular flexibility index (Phi) is 6.13. The average Bonchev–Trinajstić information content (AvgIpc) is 3.85. The average molecular weight is 663 g/mol. The minimum Gasteiger partial charge on any atom is -0.295 e. The summed E-state index contributed by atoms with van der Waals surface area (Å²) in [5.41, 5.74) is 16.2. The zero-order chi connectivity index (χ0) is 34.2. The Hall–Kier alpha value is -6.91. The number of hydrogen-bond acceptors (Lipinski definition) is 3. The fraction of sp³-hybridized carbons (Fsp3) is 0.0208. The van der Waals surface area contributed by atoms with Crippen molar-refractivity contribution in [3.63, 3.8) is 0 Å². The standard InChI is InChI=1S/C48H30N4/c1-3-14-31(15-4-1)42-30-43(32-16-5-2-6-17-32)50-46(49-42)35-19-13-18-33(28-35)34-26-27-37-36-20-7-8-21-38(36)48(40(37)29-34)39-22-9-11-24-44(39)52-45-25-12-10-23-41(45)51-47(48)52/h1-30H. The van der Waals surface area contributed by atoms with Gasteiger partial charge in [0.15, 0.2) is 5.82 Å². The smallest absolute Gasteiger partial charge is 0.160 e. The minimum atomic E-state index is -0.549. The van der Waals surface area contributed by atoms with Crippen LogP contribution in [0.3, 0.4) is 0 Å². The maximum atomic E-state index is 5.41. The third-order valence-corrected chi connectivity index (χ3v) is 10.8. The normalized spacial score (nSPS) is 15.0. The highest BCUT2D eigenvalue weighted by atomic mass is 15.1. The van der Waals surface area contributed by atoms with Crippen molar-refractivity contribution in [3.8, 4) is 61.8 Å². The maximum absolute atomic E-state index is 5.41. The molecule has 3 heterocycles. The highest BCUT2D eigenvalue weighted by Gasteiger charge is 2.54. The molecule has 0 saturated carbocycles. The molecule has 0 N–H and O–H groups in total. The van der Waals surface area contributed by atoms with Crippen molar-refractivity contribution in [3.05, 3.63) is 205 Å². The Morgan fingerprint density at radius 1 is 0.385 bits per heavy atom. The first-order valence-electron chi connectivity index (χ1n) is 17.7. The fourth-order valence-electron chi connectivity index (χ4n) is 8.55. The van der Waals surface area contributed by atoms with Gasteiger partial charge in [-0.2, -0.15) is 0 Å². The van der Waals surface area contributed by atoms with Crippen molar-refractivity contribution in [1.82, 2.24) is 19.5 Å². The molecular formula is C48H30N4. The number of benzene rings is 7. The van der Waals surface area contributed by atoms with Crippen LogP contribution in [0.25, 0.3) is 72.9 Å². The molecule has 1 aliphatic carbocycles. The van der Waals surface area contributed by atoms with Crippen molar-refractivity contribution >= 4 is 11.0 Å². The summed E-state index contributed by atoms with van der Waals surface area (Å²) in [6, 6.07) is 64.6. The first-order valence-corrected chi connectivity index (χ1v) is 17.7. The molecule has 1 spiro atoms. The van der Waals surface area contributed by atoms with E-state index in [-0.39, 0.29) is 0 Å². The molecule has 1 aliphatic heterocycles. The van der Waals surface area contributed by atoms with Gasteiger partial charge in [0.2, 0.25) is 0 Å². The van der Waals surface area contributed by atoms with Gasteiger partial charge in [-0.25, -0.2) is 15.0 Å². The van der Waals surface area contributed by atoms with Crippen molar-refractivity contribution < 1.29 is 0 Å². The van der Waals surface area contributed by atoms with Gasteiger partial charge < -0.3 is 0 Å². The Labute approximate surface area is 301 Å². The molecule has 1 atom stereocenters. The molecule has 52 heavy (non-hydrogen) atoms. The third kappa shape index (κ3) is 4.06. The van der Waals surface area contributed by atoms with E-state index >= 15 is 0 Å². The Morgan fingerprint density at radius 3 is 1.77 bits per heavy atom. The summed E-state index contributed by atoms with van der Waals surface area (Å²) < 4.78 is 2.38. The van der Waals surface area contributed by atoms with E-state index in [4.69, 9.17) is 15.0 Å². The lowest BCUT2D eigenvalue weighted by molar-refractivity contribution is 0.738. The molecule has 9 aromatic rings. The molecule has 1 unspecified atom stereocenters. The van der Waals surface area contributed by atoms with E-state index in [1.54, 1.807) is 0 Å². The summed E-state index contributed by atoms with van der Waals surface area (Å²) in [4.78, 5) is 15.7. The molecule has 4 nitrogen and oxygen atoms in total. The summed E-state index contributed by atoms with van der Waals surface area (Å²) >= 11 is 0. The molecule has 2 aromatic heterocycles. The third-order valence-electron chi connectivity index (χ3n) is 10.8. The largest absolute Gasteiger partial charge is 0.295 e. The van der Waals surface area contributed by atoms with E-state index in [1.807, 2.05) is 12.1 Å².